The van der Waals surface area contributed by atoms with Gasteiger partial charge in [-0.25, -0.2) is 0 Å². The minimum Gasteiger partial charge on any atom is -0.361 e. The molecule has 0 aromatic heterocycles. The summed E-state index contributed by atoms with van der Waals surface area (Å²) < 4.78 is 6.14. The van der Waals surface area contributed by atoms with E-state index >= 15 is 0 Å². The van der Waals surface area contributed by atoms with Crippen molar-refractivity contribution in [2.75, 3.05) is 6.54 Å². The highest BCUT2D eigenvalue weighted by atomic mass is 16.5. The van der Waals surface area contributed by atoms with Crippen molar-refractivity contribution >= 4 is 5.91 Å². The zero-order valence-corrected chi connectivity index (χ0v) is 11.0. The Hall–Kier alpha value is -0.830. The fourth-order valence-corrected chi connectivity index (χ4v) is 4.88. The van der Waals surface area contributed by atoms with Crippen LogP contribution in [0.25, 0.3) is 0 Å². The molecule has 0 radical (unpaired) electrons. The Balaban J connectivity index is 1.72. The van der Waals surface area contributed by atoms with E-state index in [1.807, 2.05) is 0 Å². The first-order valence-electron chi connectivity index (χ1n) is 7.29. The van der Waals surface area contributed by atoms with E-state index in [0.717, 1.165) is 13.0 Å². The van der Waals surface area contributed by atoms with Crippen LogP contribution in [-0.4, -0.2) is 34.6 Å². The summed E-state index contributed by atoms with van der Waals surface area (Å²) in [5, 5.41) is 0. The van der Waals surface area contributed by atoms with E-state index in [1.165, 1.54) is 32.1 Å². The van der Waals surface area contributed by atoms with Crippen molar-refractivity contribution in [3.8, 4) is 0 Å². The highest BCUT2D eigenvalue weighted by Crippen LogP contribution is 2.55. The van der Waals surface area contributed by atoms with Crippen LogP contribution < -0.4 is 0 Å². The smallest absolute Gasteiger partial charge is 0.220 e. The van der Waals surface area contributed by atoms with Crippen LogP contribution in [0.15, 0.2) is 12.2 Å². The molecular formula is C15H21NO2. The second-order valence-corrected chi connectivity index (χ2v) is 6.64. The van der Waals surface area contributed by atoms with Gasteiger partial charge in [0.2, 0.25) is 5.91 Å². The van der Waals surface area contributed by atoms with Gasteiger partial charge >= 0.3 is 0 Å². The fraction of sp³-hybridized carbons (Fsp3) is 0.800. The summed E-state index contributed by atoms with van der Waals surface area (Å²) in [4.78, 5) is 14.2. The zero-order chi connectivity index (χ0) is 12.4. The maximum absolute atomic E-state index is 12.1. The molecule has 1 aliphatic carbocycles. The van der Waals surface area contributed by atoms with Crippen molar-refractivity contribution in [2.24, 2.45) is 5.92 Å². The standard InChI is InChI=1S/C15H21NO2/c1-11(17)16-10-15-7-4-13(18-15)8-12(15)9-14(16)5-2-3-6-14/h4,7,12-13H,2-3,5-6,8-10H2,1H3/t12-,13-,15-/m0/s1. The van der Waals surface area contributed by atoms with Gasteiger partial charge in [0.05, 0.1) is 12.6 Å². The first-order valence-corrected chi connectivity index (χ1v) is 7.29. The zero-order valence-electron chi connectivity index (χ0n) is 11.0. The predicted octanol–water partition coefficient (Wildman–Crippen LogP) is 2.27. The Bertz CT molecular complexity index is 424. The van der Waals surface area contributed by atoms with E-state index < -0.39 is 0 Å². The third kappa shape index (κ3) is 1.26. The molecule has 98 valence electrons. The maximum Gasteiger partial charge on any atom is 0.220 e. The van der Waals surface area contributed by atoms with Gasteiger partial charge in [0, 0.05) is 12.5 Å². The molecule has 4 aliphatic rings. The largest absolute Gasteiger partial charge is 0.361 e. The van der Waals surface area contributed by atoms with E-state index in [1.54, 1.807) is 6.92 Å². The second kappa shape index (κ2) is 3.38. The molecule has 3 heterocycles. The summed E-state index contributed by atoms with van der Waals surface area (Å²) in [6, 6.07) is 0. The normalized spacial score (nSPS) is 43.7. The lowest BCUT2D eigenvalue weighted by atomic mass is 9.69. The molecule has 1 saturated carbocycles. The van der Waals surface area contributed by atoms with E-state index in [9.17, 15) is 4.79 Å². The van der Waals surface area contributed by atoms with Crippen LogP contribution in [-0.2, 0) is 9.53 Å². The minimum absolute atomic E-state index is 0.135. The third-order valence-corrected chi connectivity index (χ3v) is 5.69. The third-order valence-electron chi connectivity index (χ3n) is 5.69. The topological polar surface area (TPSA) is 29.5 Å². The average molecular weight is 247 g/mol. The van der Waals surface area contributed by atoms with Gasteiger partial charge in [-0.2, -0.15) is 0 Å². The number of hydrogen-bond donors (Lipinski definition) is 0. The lowest BCUT2D eigenvalue weighted by molar-refractivity contribution is -0.149. The maximum atomic E-state index is 12.1. The van der Waals surface area contributed by atoms with Crippen molar-refractivity contribution in [2.45, 2.75) is 62.7 Å². The lowest BCUT2D eigenvalue weighted by Crippen LogP contribution is -2.62. The molecule has 3 heteroatoms. The Morgan fingerprint density at radius 1 is 1.39 bits per heavy atom. The number of nitrogens with zero attached hydrogens (tertiary/aromatic N) is 1. The van der Waals surface area contributed by atoms with Crippen molar-refractivity contribution in [1.82, 2.24) is 4.90 Å². The van der Waals surface area contributed by atoms with Gasteiger partial charge in [0.15, 0.2) is 0 Å². The van der Waals surface area contributed by atoms with Gasteiger partial charge in [-0.15, -0.1) is 0 Å². The van der Waals surface area contributed by atoms with Crippen LogP contribution in [0.5, 0.6) is 0 Å². The van der Waals surface area contributed by atoms with Crippen LogP contribution in [0.4, 0.5) is 0 Å². The molecule has 18 heavy (non-hydrogen) atoms. The van der Waals surface area contributed by atoms with Crippen molar-refractivity contribution in [1.29, 1.82) is 0 Å². The lowest BCUT2D eigenvalue weighted by Gasteiger charge is -2.52. The minimum atomic E-state index is -0.135. The van der Waals surface area contributed by atoms with Gasteiger partial charge in [-0.05, 0) is 31.6 Å². The first kappa shape index (κ1) is 11.0. The molecule has 2 spiro atoms. The summed E-state index contributed by atoms with van der Waals surface area (Å²) in [5.74, 6) is 0.873. The fourth-order valence-electron chi connectivity index (χ4n) is 4.88. The summed E-state index contributed by atoms with van der Waals surface area (Å²) >= 11 is 0. The van der Waals surface area contributed by atoms with Gasteiger partial charge in [0.1, 0.15) is 5.60 Å². The predicted molar refractivity (Wildman–Crippen MR) is 68.1 cm³/mol. The molecule has 3 aliphatic heterocycles. The molecule has 2 saturated heterocycles. The molecule has 3 nitrogen and oxygen atoms in total. The van der Waals surface area contributed by atoms with Crippen LogP contribution in [0.3, 0.4) is 0 Å². The molecule has 1 amide bonds. The van der Waals surface area contributed by atoms with Crippen LogP contribution >= 0.6 is 0 Å². The molecular weight excluding hydrogens is 226 g/mol. The van der Waals surface area contributed by atoms with Crippen LogP contribution in [0.2, 0.25) is 0 Å². The molecule has 3 fully saturated rings. The number of piperidine rings is 1. The highest BCUT2D eigenvalue weighted by molar-refractivity contribution is 5.75. The molecule has 0 aromatic carbocycles. The van der Waals surface area contributed by atoms with Gasteiger partial charge < -0.3 is 9.64 Å². The SMILES string of the molecule is CC(=O)N1C[C@@]23C=C[C@@H](C[C@H]2CC12CCCC2)O3. The number of rotatable bonds is 0. The first-order chi connectivity index (χ1) is 8.64. The number of likely N-dealkylation sites (tertiary alicyclic amines) is 1. The molecule has 0 unspecified atom stereocenters. The molecule has 4 rings (SSSR count). The van der Waals surface area contributed by atoms with E-state index in [2.05, 4.69) is 17.1 Å². The second-order valence-electron chi connectivity index (χ2n) is 6.64. The Kier molecular flexibility index (Phi) is 2.07. The number of carbonyl (C=O) groups excluding carboxylic acids is 1. The quantitative estimate of drug-likeness (QED) is 0.615. The molecule has 2 bridgehead atoms. The Morgan fingerprint density at radius 2 is 2.17 bits per heavy atom. The monoisotopic (exact) mass is 247 g/mol. The van der Waals surface area contributed by atoms with Crippen molar-refractivity contribution in [3.05, 3.63) is 12.2 Å². The number of carbonyl (C=O) groups is 1. The summed E-state index contributed by atoms with van der Waals surface area (Å²) in [6.45, 7) is 2.52. The molecule has 3 atom stereocenters. The molecule has 0 N–H and O–H groups in total. The number of ether oxygens (including phenoxy) is 1. The Labute approximate surface area is 108 Å². The van der Waals surface area contributed by atoms with Gasteiger partial charge in [-0.3, -0.25) is 4.79 Å². The summed E-state index contributed by atoms with van der Waals surface area (Å²) in [6.07, 6.45) is 12.1. The summed E-state index contributed by atoms with van der Waals surface area (Å²) in [7, 11) is 0. The highest BCUT2D eigenvalue weighted by Gasteiger charge is 2.59. The number of amides is 1. The Morgan fingerprint density at radius 3 is 2.83 bits per heavy atom. The molecule has 0 aromatic rings. The summed E-state index contributed by atoms with van der Waals surface area (Å²) in [5.41, 5.74) is 0.0353. The van der Waals surface area contributed by atoms with Crippen LogP contribution in [0.1, 0.15) is 45.4 Å². The van der Waals surface area contributed by atoms with E-state index in [4.69, 9.17) is 4.74 Å². The number of fused-ring (bicyclic) bond motifs is 1. The van der Waals surface area contributed by atoms with Crippen LogP contribution in [0, 0.1) is 5.92 Å². The van der Waals surface area contributed by atoms with Crippen molar-refractivity contribution < 1.29 is 9.53 Å². The average Bonchev–Trinajstić information content (AvgIpc) is 3.01. The number of hydrogen-bond acceptors (Lipinski definition) is 2. The van der Waals surface area contributed by atoms with Gasteiger partial charge in [0.25, 0.3) is 0 Å². The van der Waals surface area contributed by atoms with E-state index in [-0.39, 0.29) is 17.0 Å². The van der Waals surface area contributed by atoms with Gasteiger partial charge in [-0.1, -0.05) is 25.0 Å². The van der Waals surface area contributed by atoms with E-state index in [0.29, 0.717) is 12.0 Å². The van der Waals surface area contributed by atoms with Crippen molar-refractivity contribution in [3.63, 3.8) is 0 Å².